The van der Waals surface area contributed by atoms with E-state index in [0.29, 0.717) is 6.54 Å². The van der Waals surface area contributed by atoms with Crippen LogP contribution in [-0.2, 0) is 0 Å². The van der Waals surface area contributed by atoms with E-state index in [9.17, 15) is 0 Å². The molecule has 0 aliphatic rings. The average Bonchev–Trinajstić information content (AvgIpc) is 2.03. The highest BCUT2D eigenvalue weighted by atomic mass is 31.1. The number of nitrogens with one attached hydrogen (secondary N) is 2. The Bertz CT molecular complexity index is 66.8. The second-order valence-corrected chi connectivity index (χ2v) is 3.01. The lowest BCUT2D eigenvalue weighted by atomic mass is 10.5. The third kappa shape index (κ3) is 10.3. The quantitative estimate of drug-likeness (QED) is 0.276. The topological polar surface area (TPSA) is 70.3 Å². The molecule has 11 heavy (non-hydrogen) atoms. The maximum absolute atomic E-state index is 8.46. The van der Waals surface area contributed by atoms with Crippen LogP contribution < -0.4 is 16.4 Å². The molecule has 0 aliphatic heterocycles. The molecule has 0 saturated carbocycles. The monoisotopic (exact) mass is 179 g/mol. The van der Waals surface area contributed by atoms with Crippen molar-refractivity contribution in [3.63, 3.8) is 0 Å². The first-order valence-electron chi connectivity index (χ1n) is 3.90. The summed E-state index contributed by atoms with van der Waals surface area (Å²) in [7, 11) is 0.0671. The second-order valence-electron chi connectivity index (χ2n) is 2.20. The van der Waals surface area contributed by atoms with E-state index in [1.54, 1.807) is 0 Å². The minimum Gasteiger partial charge on any atom is -0.377 e. The third-order valence-corrected chi connectivity index (χ3v) is 1.69. The van der Waals surface area contributed by atoms with Crippen LogP contribution in [0.25, 0.3) is 0 Å². The van der Waals surface area contributed by atoms with Crippen LogP contribution in [0.3, 0.4) is 0 Å². The van der Waals surface area contributed by atoms with Gasteiger partial charge in [-0.05, 0) is 0 Å². The fourth-order valence-corrected chi connectivity index (χ4v) is 0.962. The van der Waals surface area contributed by atoms with E-state index < -0.39 is 0 Å². The van der Waals surface area contributed by atoms with Crippen molar-refractivity contribution in [3.05, 3.63) is 0 Å². The zero-order valence-corrected chi connectivity index (χ0v) is 7.77. The first kappa shape index (κ1) is 11.3. The van der Waals surface area contributed by atoms with Crippen LogP contribution in [0.15, 0.2) is 0 Å². The zero-order chi connectivity index (χ0) is 8.36. The Hall–Kier alpha value is 0.270. The molecule has 0 aromatic heterocycles. The Morgan fingerprint density at radius 2 is 1.73 bits per heavy atom. The smallest absolute Gasteiger partial charge is 0.0120 e. The summed E-state index contributed by atoms with van der Waals surface area (Å²) in [6, 6.07) is 0. The molecule has 5 heteroatoms. The van der Waals surface area contributed by atoms with Crippen molar-refractivity contribution in [2.75, 3.05) is 38.9 Å². The lowest BCUT2D eigenvalue weighted by molar-refractivity contribution is 0.616. The van der Waals surface area contributed by atoms with Crippen molar-refractivity contribution in [1.29, 1.82) is 0 Å². The van der Waals surface area contributed by atoms with Gasteiger partial charge in [-0.1, -0.05) is 0 Å². The minimum atomic E-state index is 0.0671. The van der Waals surface area contributed by atoms with E-state index in [1.807, 2.05) is 0 Å². The molecule has 0 saturated heterocycles. The summed E-state index contributed by atoms with van der Waals surface area (Å²) in [5.41, 5.74) is 5.28. The number of nitrogens with two attached hydrogens (primary N) is 1. The molecule has 0 aromatic carbocycles. The van der Waals surface area contributed by atoms with E-state index in [4.69, 9.17) is 10.6 Å². The Labute approximate surface area is 69.8 Å². The molecular formula is C6H18N3OP. The Kier molecular flexibility index (Phi) is 10.5. The highest BCUT2D eigenvalue weighted by Crippen LogP contribution is 1.95. The summed E-state index contributed by atoms with van der Waals surface area (Å²) < 4.78 is 0. The third-order valence-electron chi connectivity index (χ3n) is 1.21. The van der Waals surface area contributed by atoms with Gasteiger partial charge in [0.2, 0.25) is 0 Å². The molecule has 1 unspecified atom stereocenters. The Morgan fingerprint density at radius 1 is 1.09 bits per heavy atom. The first-order valence-corrected chi connectivity index (χ1v) is 5.05. The summed E-state index contributed by atoms with van der Waals surface area (Å²) in [6.07, 6.45) is 0.858. The van der Waals surface area contributed by atoms with Gasteiger partial charge in [0.1, 0.15) is 0 Å². The summed E-state index contributed by atoms with van der Waals surface area (Å²) in [4.78, 5) is 8.46. The molecule has 0 fully saturated rings. The molecule has 0 aliphatic carbocycles. The van der Waals surface area contributed by atoms with Crippen molar-refractivity contribution in [3.8, 4) is 0 Å². The number of hydrogen-bond donors (Lipinski definition) is 4. The highest BCUT2D eigenvalue weighted by molar-refractivity contribution is 7.31. The summed E-state index contributed by atoms with van der Waals surface area (Å²) in [6.45, 7) is 4.37. The molecule has 0 heterocycles. The average molecular weight is 179 g/mol. The van der Waals surface area contributed by atoms with Crippen LogP contribution in [0.1, 0.15) is 0 Å². The van der Waals surface area contributed by atoms with Crippen molar-refractivity contribution in [2.24, 2.45) is 5.73 Å². The summed E-state index contributed by atoms with van der Waals surface area (Å²) in [5.74, 6) is 0. The van der Waals surface area contributed by atoms with Gasteiger partial charge in [0, 0.05) is 47.7 Å². The van der Waals surface area contributed by atoms with E-state index in [2.05, 4.69) is 10.6 Å². The maximum atomic E-state index is 8.46. The second kappa shape index (κ2) is 10.3. The lowest BCUT2D eigenvalue weighted by Crippen LogP contribution is -2.31. The fraction of sp³-hybridized carbons (Fsp3) is 1.00. The summed E-state index contributed by atoms with van der Waals surface area (Å²) in [5, 5.41) is 6.35. The van der Waals surface area contributed by atoms with E-state index in [-0.39, 0.29) is 8.81 Å². The Morgan fingerprint density at radius 3 is 2.27 bits per heavy atom. The number of hydrogen-bond acceptors (Lipinski definition) is 4. The molecular weight excluding hydrogens is 161 g/mol. The summed E-state index contributed by atoms with van der Waals surface area (Å²) >= 11 is 0. The molecule has 5 N–H and O–H groups in total. The SMILES string of the molecule is NCCNCCNCCPO. The van der Waals surface area contributed by atoms with Crippen LogP contribution in [0.5, 0.6) is 0 Å². The van der Waals surface area contributed by atoms with E-state index >= 15 is 0 Å². The normalized spacial score (nSPS) is 11.5. The minimum absolute atomic E-state index is 0.0671. The predicted octanol–water partition coefficient (Wildman–Crippen LogP) is -1.29. The van der Waals surface area contributed by atoms with E-state index in [1.165, 1.54) is 0 Å². The Balaban J connectivity index is 2.69. The standard InChI is InChI=1S/C6H18N3OP/c7-1-2-8-3-4-9-5-6-11-10/h8-11H,1-7H2. The van der Waals surface area contributed by atoms with Crippen molar-refractivity contribution >= 4 is 8.81 Å². The van der Waals surface area contributed by atoms with Crippen molar-refractivity contribution in [1.82, 2.24) is 10.6 Å². The van der Waals surface area contributed by atoms with Crippen LogP contribution in [0, 0.1) is 0 Å². The molecule has 0 aromatic rings. The van der Waals surface area contributed by atoms with Gasteiger partial charge in [0.25, 0.3) is 0 Å². The fourth-order valence-electron chi connectivity index (χ4n) is 0.673. The van der Waals surface area contributed by atoms with Gasteiger partial charge < -0.3 is 21.3 Å². The molecule has 68 valence electrons. The molecule has 0 spiro atoms. The molecule has 0 rings (SSSR count). The van der Waals surface area contributed by atoms with Gasteiger partial charge >= 0.3 is 0 Å². The molecule has 1 atom stereocenters. The maximum Gasteiger partial charge on any atom is 0.0120 e. The highest BCUT2D eigenvalue weighted by Gasteiger charge is 1.86. The van der Waals surface area contributed by atoms with Crippen LogP contribution >= 0.6 is 8.81 Å². The predicted molar refractivity (Wildman–Crippen MR) is 50.2 cm³/mol. The zero-order valence-electron chi connectivity index (χ0n) is 6.77. The molecule has 0 radical (unpaired) electrons. The molecule has 0 bridgehead atoms. The largest absolute Gasteiger partial charge is 0.377 e. The van der Waals surface area contributed by atoms with Gasteiger partial charge in [-0.2, -0.15) is 0 Å². The van der Waals surface area contributed by atoms with Gasteiger partial charge in [0.05, 0.1) is 0 Å². The van der Waals surface area contributed by atoms with Gasteiger partial charge in [-0.15, -0.1) is 0 Å². The van der Waals surface area contributed by atoms with Crippen LogP contribution in [0.4, 0.5) is 0 Å². The van der Waals surface area contributed by atoms with Crippen molar-refractivity contribution < 1.29 is 4.89 Å². The molecule has 4 nitrogen and oxygen atoms in total. The van der Waals surface area contributed by atoms with Crippen LogP contribution in [0.2, 0.25) is 0 Å². The first-order chi connectivity index (χ1) is 5.41. The number of rotatable bonds is 8. The van der Waals surface area contributed by atoms with Crippen LogP contribution in [-0.4, -0.2) is 43.8 Å². The van der Waals surface area contributed by atoms with Crippen molar-refractivity contribution in [2.45, 2.75) is 0 Å². The molecule has 0 amide bonds. The van der Waals surface area contributed by atoms with E-state index in [0.717, 1.165) is 32.3 Å². The van der Waals surface area contributed by atoms with Gasteiger partial charge in [-0.3, -0.25) is 0 Å². The van der Waals surface area contributed by atoms with Gasteiger partial charge in [0.15, 0.2) is 0 Å². The van der Waals surface area contributed by atoms with Gasteiger partial charge in [-0.25, -0.2) is 0 Å². The lowest BCUT2D eigenvalue weighted by Gasteiger charge is -2.03.